The predicted molar refractivity (Wildman–Crippen MR) is 83.6 cm³/mol. The summed E-state index contributed by atoms with van der Waals surface area (Å²) in [7, 11) is 2.02. The van der Waals surface area contributed by atoms with Crippen LogP contribution < -0.4 is 5.32 Å². The van der Waals surface area contributed by atoms with E-state index in [1.807, 2.05) is 19.2 Å². The van der Waals surface area contributed by atoms with Gasteiger partial charge < -0.3 is 10.1 Å². The predicted octanol–water partition coefficient (Wildman–Crippen LogP) is 3.94. The Kier molecular flexibility index (Phi) is 4.28. The van der Waals surface area contributed by atoms with Gasteiger partial charge in [-0.1, -0.05) is 29.3 Å². The summed E-state index contributed by atoms with van der Waals surface area (Å²) in [6.45, 7) is 1.85. The molecule has 0 spiro atoms. The molecule has 1 N–H and O–H groups in total. The first-order valence-corrected chi connectivity index (χ1v) is 8.10. The molecule has 4 heteroatoms. The quantitative estimate of drug-likeness (QED) is 0.889. The zero-order chi connectivity index (χ0) is 14.2. The largest absolute Gasteiger partial charge is 0.377 e. The molecule has 1 aliphatic heterocycles. The molecule has 20 heavy (non-hydrogen) atoms. The van der Waals surface area contributed by atoms with E-state index < -0.39 is 0 Å². The molecule has 1 saturated carbocycles. The highest BCUT2D eigenvalue weighted by Crippen LogP contribution is 2.49. The lowest BCUT2D eigenvalue weighted by Gasteiger charge is -2.35. The fourth-order valence-corrected chi connectivity index (χ4v) is 4.06. The smallest absolute Gasteiger partial charge is 0.0675 e. The van der Waals surface area contributed by atoms with Gasteiger partial charge in [-0.25, -0.2) is 0 Å². The standard InChI is InChI=1S/C16H21Cl2NO/c1-19-10-16(6-7-20-15(16)11-2-3-11)9-12-4-5-13(17)8-14(12)18/h4-5,8,11,15,19H,2-3,6-7,9-10H2,1H3. The second-order valence-electron chi connectivity index (χ2n) is 6.18. The average molecular weight is 314 g/mol. The fourth-order valence-electron chi connectivity index (χ4n) is 3.58. The molecule has 2 fully saturated rings. The maximum atomic E-state index is 6.37. The van der Waals surface area contributed by atoms with E-state index >= 15 is 0 Å². The summed E-state index contributed by atoms with van der Waals surface area (Å²) in [6.07, 6.45) is 5.06. The third-order valence-corrected chi connectivity index (χ3v) is 5.22. The molecule has 2 aliphatic rings. The summed E-state index contributed by atoms with van der Waals surface area (Å²) < 4.78 is 6.07. The van der Waals surface area contributed by atoms with Crippen molar-refractivity contribution in [1.82, 2.24) is 5.32 Å². The number of hydrogen-bond donors (Lipinski definition) is 1. The number of ether oxygens (including phenoxy) is 1. The summed E-state index contributed by atoms with van der Waals surface area (Å²) in [4.78, 5) is 0. The van der Waals surface area contributed by atoms with Crippen LogP contribution in [-0.4, -0.2) is 26.3 Å². The lowest BCUT2D eigenvalue weighted by molar-refractivity contribution is 0.0315. The van der Waals surface area contributed by atoms with Crippen LogP contribution in [-0.2, 0) is 11.2 Å². The number of hydrogen-bond acceptors (Lipinski definition) is 2. The number of nitrogens with one attached hydrogen (secondary N) is 1. The molecule has 1 aromatic carbocycles. The van der Waals surface area contributed by atoms with Crippen LogP contribution in [0.25, 0.3) is 0 Å². The van der Waals surface area contributed by atoms with Crippen molar-refractivity contribution in [1.29, 1.82) is 0 Å². The third-order valence-electron chi connectivity index (χ3n) is 4.64. The van der Waals surface area contributed by atoms with Gasteiger partial charge in [0.05, 0.1) is 6.10 Å². The van der Waals surface area contributed by atoms with Gasteiger partial charge >= 0.3 is 0 Å². The second kappa shape index (κ2) is 5.84. The molecule has 1 saturated heterocycles. The molecule has 0 bridgehead atoms. The topological polar surface area (TPSA) is 21.3 Å². The van der Waals surface area contributed by atoms with Gasteiger partial charge in [-0.3, -0.25) is 0 Å². The Bertz CT molecular complexity index is 489. The monoisotopic (exact) mass is 313 g/mol. The maximum absolute atomic E-state index is 6.37. The Morgan fingerprint density at radius 1 is 1.35 bits per heavy atom. The van der Waals surface area contributed by atoms with Crippen LogP contribution in [0, 0.1) is 11.3 Å². The van der Waals surface area contributed by atoms with Crippen LogP contribution >= 0.6 is 23.2 Å². The molecule has 1 aliphatic carbocycles. The van der Waals surface area contributed by atoms with Gasteiger partial charge in [-0.2, -0.15) is 0 Å². The molecule has 0 amide bonds. The van der Waals surface area contributed by atoms with Crippen LogP contribution in [0.3, 0.4) is 0 Å². The van der Waals surface area contributed by atoms with Crippen molar-refractivity contribution in [3.63, 3.8) is 0 Å². The number of benzene rings is 1. The van der Waals surface area contributed by atoms with Gasteiger partial charge in [0.15, 0.2) is 0 Å². The first-order chi connectivity index (χ1) is 9.64. The Morgan fingerprint density at radius 3 is 2.80 bits per heavy atom. The van der Waals surface area contributed by atoms with Gasteiger partial charge in [0.1, 0.15) is 0 Å². The van der Waals surface area contributed by atoms with Gasteiger partial charge in [0.25, 0.3) is 0 Å². The van der Waals surface area contributed by atoms with Gasteiger partial charge in [0.2, 0.25) is 0 Å². The van der Waals surface area contributed by atoms with Gasteiger partial charge in [-0.05, 0) is 56.3 Å². The number of rotatable bonds is 5. The summed E-state index contributed by atoms with van der Waals surface area (Å²) >= 11 is 12.4. The van der Waals surface area contributed by atoms with Crippen LogP contribution in [0.1, 0.15) is 24.8 Å². The van der Waals surface area contributed by atoms with E-state index in [1.54, 1.807) is 0 Å². The molecular weight excluding hydrogens is 293 g/mol. The normalized spacial score (nSPS) is 29.9. The molecule has 2 nitrogen and oxygen atoms in total. The van der Waals surface area contributed by atoms with E-state index in [0.717, 1.165) is 36.9 Å². The highest BCUT2D eigenvalue weighted by atomic mass is 35.5. The zero-order valence-electron chi connectivity index (χ0n) is 11.8. The minimum absolute atomic E-state index is 0.174. The van der Waals surface area contributed by atoms with E-state index in [2.05, 4.69) is 11.4 Å². The SMILES string of the molecule is CNCC1(Cc2ccc(Cl)cc2Cl)CCOC1C1CC1. The lowest BCUT2D eigenvalue weighted by Crippen LogP contribution is -2.42. The minimum atomic E-state index is 0.174. The van der Waals surface area contributed by atoms with E-state index in [0.29, 0.717) is 11.1 Å². The Morgan fingerprint density at radius 2 is 2.15 bits per heavy atom. The highest BCUT2D eigenvalue weighted by molar-refractivity contribution is 6.35. The van der Waals surface area contributed by atoms with E-state index in [1.165, 1.54) is 18.4 Å². The van der Waals surface area contributed by atoms with E-state index in [9.17, 15) is 0 Å². The first kappa shape index (κ1) is 14.6. The van der Waals surface area contributed by atoms with Crippen LogP contribution in [0.2, 0.25) is 10.0 Å². The van der Waals surface area contributed by atoms with E-state index in [-0.39, 0.29) is 5.41 Å². The summed E-state index contributed by atoms with van der Waals surface area (Å²) in [5.74, 6) is 0.747. The van der Waals surface area contributed by atoms with E-state index in [4.69, 9.17) is 27.9 Å². The zero-order valence-corrected chi connectivity index (χ0v) is 13.3. The van der Waals surface area contributed by atoms with Crippen LogP contribution in [0.15, 0.2) is 18.2 Å². The maximum Gasteiger partial charge on any atom is 0.0675 e. The molecule has 2 unspecified atom stereocenters. The van der Waals surface area contributed by atoms with Crippen molar-refractivity contribution < 1.29 is 4.74 Å². The Balaban J connectivity index is 1.86. The summed E-state index contributed by atoms with van der Waals surface area (Å²) in [5, 5.41) is 4.83. The molecule has 1 aromatic rings. The molecule has 0 radical (unpaired) electrons. The average Bonchev–Trinajstić information content (AvgIpc) is 3.16. The van der Waals surface area contributed by atoms with Crippen molar-refractivity contribution in [2.24, 2.45) is 11.3 Å². The fraction of sp³-hybridized carbons (Fsp3) is 0.625. The molecule has 3 rings (SSSR count). The van der Waals surface area contributed by atoms with Crippen LogP contribution in [0.4, 0.5) is 0 Å². The van der Waals surface area contributed by atoms with Crippen molar-refractivity contribution in [3.8, 4) is 0 Å². The molecule has 0 aromatic heterocycles. The van der Waals surface area contributed by atoms with Crippen molar-refractivity contribution in [3.05, 3.63) is 33.8 Å². The van der Waals surface area contributed by atoms with Crippen LogP contribution in [0.5, 0.6) is 0 Å². The molecule has 1 heterocycles. The second-order valence-corrected chi connectivity index (χ2v) is 7.03. The van der Waals surface area contributed by atoms with Crippen molar-refractivity contribution in [2.75, 3.05) is 20.2 Å². The van der Waals surface area contributed by atoms with Crippen molar-refractivity contribution >= 4 is 23.2 Å². The lowest BCUT2D eigenvalue weighted by atomic mass is 9.74. The Labute approximate surface area is 130 Å². The summed E-state index contributed by atoms with van der Waals surface area (Å²) in [6, 6.07) is 5.83. The number of halogens is 2. The minimum Gasteiger partial charge on any atom is -0.377 e. The molecule has 110 valence electrons. The van der Waals surface area contributed by atoms with Crippen molar-refractivity contribution in [2.45, 2.75) is 31.8 Å². The van der Waals surface area contributed by atoms with Gasteiger partial charge in [0, 0.05) is 28.6 Å². The Hall–Kier alpha value is -0.280. The molecular formula is C16H21Cl2NO. The summed E-state index contributed by atoms with van der Waals surface area (Å²) in [5.41, 5.74) is 1.36. The first-order valence-electron chi connectivity index (χ1n) is 7.35. The third kappa shape index (κ3) is 2.85. The molecule has 2 atom stereocenters. The highest BCUT2D eigenvalue weighted by Gasteiger charge is 2.50. The van der Waals surface area contributed by atoms with Gasteiger partial charge in [-0.15, -0.1) is 0 Å².